The molecule has 1 heterocycles. The minimum atomic E-state index is -0.0317. The number of ether oxygens (including phenoxy) is 1. The van der Waals surface area contributed by atoms with E-state index in [9.17, 15) is 4.79 Å². The molecule has 0 atom stereocenters. The van der Waals surface area contributed by atoms with Crippen molar-refractivity contribution >= 4 is 5.91 Å². The van der Waals surface area contributed by atoms with Crippen LogP contribution in [-0.4, -0.2) is 10.9 Å². The second-order valence-corrected chi connectivity index (χ2v) is 8.06. The topological polar surface area (TPSA) is 64.4 Å². The molecule has 0 aliphatic carbocycles. The third-order valence-electron chi connectivity index (χ3n) is 5.32. The lowest BCUT2D eigenvalue weighted by atomic mass is 10.1. The lowest BCUT2D eigenvalue weighted by molar-refractivity contribution is -0.121. The van der Waals surface area contributed by atoms with Crippen LogP contribution in [0.25, 0.3) is 11.3 Å². The van der Waals surface area contributed by atoms with Gasteiger partial charge in [0, 0.05) is 24.9 Å². The lowest BCUT2D eigenvalue weighted by Crippen LogP contribution is -2.23. The molecule has 3 aromatic carbocycles. The molecule has 4 aromatic rings. The normalized spacial score (nSPS) is 10.8. The standard InChI is InChI=1S/C28H28N2O3/c1-21-10-12-25(13-11-21)26-18-30-28(33-26)15-14-27(31)29-17-23-8-5-9-24(16-23)20-32-19-22-6-3-2-4-7-22/h2-13,16,18H,14-15,17,19-20H2,1H3,(H,29,31). The van der Waals surface area contributed by atoms with Gasteiger partial charge in [-0.3, -0.25) is 4.79 Å². The smallest absolute Gasteiger partial charge is 0.220 e. The van der Waals surface area contributed by atoms with Crippen LogP contribution in [0.2, 0.25) is 0 Å². The van der Waals surface area contributed by atoms with Gasteiger partial charge in [0.05, 0.1) is 19.4 Å². The van der Waals surface area contributed by atoms with Crippen molar-refractivity contribution in [3.63, 3.8) is 0 Å². The number of hydrogen-bond donors (Lipinski definition) is 1. The predicted octanol–water partition coefficient (Wildman–Crippen LogP) is 5.62. The van der Waals surface area contributed by atoms with Gasteiger partial charge in [-0.15, -0.1) is 0 Å². The summed E-state index contributed by atoms with van der Waals surface area (Å²) >= 11 is 0. The van der Waals surface area contributed by atoms with Crippen LogP contribution in [0.5, 0.6) is 0 Å². The number of carbonyl (C=O) groups is 1. The fourth-order valence-corrected chi connectivity index (χ4v) is 3.48. The van der Waals surface area contributed by atoms with Crippen molar-refractivity contribution in [3.05, 3.63) is 113 Å². The Morgan fingerprint density at radius 1 is 0.909 bits per heavy atom. The van der Waals surface area contributed by atoms with Crippen molar-refractivity contribution in [2.45, 2.75) is 39.5 Å². The van der Waals surface area contributed by atoms with E-state index < -0.39 is 0 Å². The Morgan fingerprint density at radius 3 is 2.45 bits per heavy atom. The van der Waals surface area contributed by atoms with E-state index in [-0.39, 0.29) is 5.91 Å². The van der Waals surface area contributed by atoms with Crippen LogP contribution in [-0.2, 0) is 35.7 Å². The highest BCUT2D eigenvalue weighted by molar-refractivity contribution is 5.76. The van der Waals surface area contributed by atoms with E-state index in [2.05, 4.69) is 16.4 Å². The minimum absolute atomic E-state index is 0.0317. The van der Waals surface area contributed by atoms with Crippen LogP contribution in [0.15, 0.2) is 89.5 Å². The maximum Gasteiger partial charge on any atom is 0.220 e. The number of aromatic nitrogens is 1. The van der Waals surface area contributed by atoms with Gasteiger partial charge in [-0.05, 0) is 23.6 Å². The van der Waals surface area contributed by atoms with Crippen LogP contribution in [0.3, 0.4) is 0 Å². The zero-order valence-electron chi connectivity index (χ0n) is 18.8. The van der Waals surface area contributed by atoms with Gasteiger partial charge in [0.25, 0.3) is 0 Å². The first kappa shape index (κ1) is 22.5. The summed E-state index contributed by atoms with van der Waals surface area (Å²) in [6, 6.07) is 26.3. The first-order chi connectivity index (χ1) is 16.2. The Morgan fingerprint density at radius 2 is 1.64 bits per heavy atom. The van der Waals surface area contributed by atoms with Crippen LogP contribution in [0, 0.1) is 6.92 Å². The number of carbonyl (C=O) groups excluding carboxylic acids is 1. The summed E-state index contributed by atoms with van der Waals surface area (Å²) in [6.07, 6.45) is 2.50. The second-order valence-electron chi connectivity index (χ2n) is 8.06. The SMILES string of the molecule is Cc1ccc(-c2cnc(CCC(=O)NCc3cccc(COCc4ccccc4)c3)o2)cc1. The molecule has 0 saturated heterocycles. The summed E-state index contributed by atoms with van der Waals surface area (Å²) in [5, 5.41) is 2.97. The number of amides is 1. The highest BCUT2D eigenvalue weighted by Crippen LogP contribution is 2.21. The predicted molar refractivity (Wildman–Crippen MR) is 128 cm³/mol. The Bertz CT molecular complexity index is 1170. The molecule has 5 nitrogen and oxygen atoms in total. The number of hydrogen-bond acceptors (Lipinski definition) is 4. The summed E-state index contributed by atoms with van der Waals surface area (Å²) in [6.45, 7) is 3.63. The summed E-state index contributed by atoms with van der Waals surface area (Å²) in [5.41, 5.74) is 5.46. The van der Waals surface area contributed by atoms with E-state index in [1.54, 1.807) is 6.20 Å². The summed E-state index contributed by atoms with van der Waals surface area (Å²) < 4.78 is 11.6. The maximum atomic E-state index is 12.3. The average molecular weight is 441 g/mol. The average Bonchev–Trinajstić information content (AvgIpc) is 3.32. The molecule has 33 heavy (non-hydrogen) atoms. The van der Waals surface area contributed by atoms with Gasteiger partial charge in [0.15, 0.2) is 11.7 Å². The molecular formula is C28H28N2O3. The van der Waals surface area contributed by atoms with Crippen LogP contribution in [0.4, 0.5) is 0 Å². The molecule has 0 spiro atoms. The fourth-order valence-electron chi connectivity index (χ4n) is 3.48. The molecule has 0 unspecified atom stereocenters. The Kier molecular flexibility index (Phi) is 7.67. The summed E-state index contributed by atoms with van der Waals surface area (Å²) in [4.78, 5) is 16.6. The molecule has 0 fully saturated rings. The molecule has 168 valence electrons. The monoisotopic (exact) mass is 440 g/mol. The number of nitrogens with zero attached hydrogens (tertiary/aromatic N) is 1. The zero-order valence-corrected chi connectivity index (χ0v) is 18.8. The van der Waals surface area contributed by atoms with Gasteiger partial charge in [0.2, 0.25) is 5.91 Å². The number of nitrogens with one attached hydrogen (secondary N) is 1. The van der Waals surface area contributed by atoms with Crippen molar-refractivity contribution in [2.75, 3.05) is 0 Å². The Balaban J connectivity index is 1.20. The molecule has 0 radical (unpaired) electrons. The molecule has 0 saturated carbocycles. The van der Waals surface area contributed by atoms with Crippen molar-refractivity contribution in [2.24, 2.45) is 0 Å². The van der Waals surface area contributed by atoms with Crippen molar-refractivity contribution < 1.29 is 13.9 Å². The van der Waals surface area contributed by atoms with Gasteiger partial charge in [-0.25, -0.2) is 4.98 Å². The van der Waals surface area contributed by atoms with Gasteiger partial charge >= 0.3 is 0 Å². The van der Waals surface area contributed by atoms with E-state index >= 15 is 0 Å². The highest BCUT2D eigenvalue weighted by atomic mass is 16.5. The van der Waals surface area contributed by atoms with E-state index in [0.717, 1.165) is 28.0 Å². The molecule has 1 amide bonds. The fraction of sp³-hybridized carbons (Fsp3) is 0.214. The van der Waals surface area contributed by atoms with Crippen LogP contribution < -0.4 is 5.32 Å². The first-order valence-electron chi connectivity index (χ1n) is 11.1. The second kappa shape index (κ2) is 11.2. The first-order valence-corrected chi connectivity index (χ1v) is 11.1. The number of oxazole rings is 1. The highest BCUT2D eigenvalue weighted by Gasteiger charge is 2.09. The largest absolute Gasteiger partial charge is 0.441 e. The molecule has 0 aliphatic heterocycles. The van der Waals surface area contributed by atoms with Gasteiger partial charge in [0.1, 0.15) is 0 Å². The Labute approximate surface area is 194 Å². The van der Waals surface area contributed by atoms with Gasteiger partial charge in [-0.2, -0.15) is 0 Å². The van der Waals surface area contributed by atoms with E-state index in [1.165, 1.54) is 5.56 Å². The minimum Gasteiger partial charge on any atom is -0.441 e. The van der Waals surface area contributed by atoms with Gasteiger partial charge < -0.3 is 14.5 Å². The van der Waals surface area contributed by atoms with E-state index in [4.69, 9.17) is 9.15 Å². The van der Waals surface area contributed by atoms with Crippen molar-refractivity contribution in [1.29, 1.82) is 0 Å². The molecule has 1 N–H and O–H groups in total. The van der Waals surface area contributed by atoms with Crippen molar-refractivity contribution in [3.8, 4) is 11.3 Å². The molecule has 4 rings (SSSR count). The molecule has 0 bridgehead atoms. The Hall–Kier alpha value is -3.70. The molecule has 1 aromatic heterocycles. The van der Waals surface area contributed by atoms with Gasteiger partial charge in [-0.1, -0.05) is 84.4 Å². The quantitative estimate of drug-likeness (QED) is 0.348. The summed E-state index contributed by atoms with van der Waals surface area (Å²) in [7, 11) is 0. The van der Waals surface area contributed by atoms with E-state index in [1.807, 2.05) is 79.7 Å². The number of benzene rings is 3. The molecular weight excluding hydrogens is 412 g/mol. The van der Waals surface area contributed by atoms with E-state index in [0.29, 0.717) is 38.5 Å². The zero-order chi connectivity index (χ0) is 22.9. The maximum absolute atomic E-state index is 12.3. The number of rotatable bonds is 10. The third kappa shape index (κ3) is 6.89. The van der Waals surface area contributed by atoms with Crippen LogP contribution >= 0.6 is 0 Å². The third-order valence-corrected chi connectivity index (χ3v) is 5.32. The lowest BCUT2D eigenvalue weighted by Gasteiger charge is -2.08. The summed E-state index contributed by atoms with van der Waals surface area (Å²) in [5.74, 6) is 1.26. The number of aryl methyl sites for hydroxylation is 2. The molecule has 5 heteroatoms. The van der Waals surface area contributed by atoms with Crippen molar-refractivity contribution in [1.82, 2.24) is 10.3 Å². The van der Waals surface area contributed by atoms with Crippen LogP contribution in [0.1, 0.15) is 34.6 Å². The molecule has 0 aliphatic rings.